The van der Waals surface area contributed by atoms with Crippen molar-refractivity contribution in [2.75, 3.05) is 40.4 Å². The maximum atomic E-state index is 14.1. The average Bonchev–Trinajstić information content (AvgIpc) is 2.95. The summed E-state index contributed by atoms with van der Waals surface area (Å²) in [7, 11) is 3.13. The van der Waals surface area contributed by atoms with Crippen LogP contribution in [0.5, 0.6) is 5.75 Å². The fraction of sp³-hybridized carbons (Fsp3) is 0.467. The lowest BCUT2D eigenvalue weighted by atomic mass is 9.58. The van der Waals surface area contributed by atoms with Crippen LogP contribution in [-0.2, 0) is 27.3 Å². The van der Waals surface area contributed by atoms with Crippen molar-refractivity contribution in [1.82, 2.24) is 15.1 Å². The van der Waals surface area contributed by atoms with Crippen molar-refractivity contribution in [1.29, 1.82) is 0 Å². The van der Waals surface area contributed by atoms with E-state index < -0.39 is 63.8 Å². The van der Waals surface area contributed by atoms with Gasteiger partial charge in [0.1, 0.15) is 22.8 Å². The second kappa shape index (κ2) is 11.0. The molecule has 1 fully saturated rings. The highest BCUT2D eigenvalue weighted by atomic mass is 16.5. The number of aliphatic hydroxyl groups excluding tert-OH is 2. The summed E-state index contributed by atoms with van der Waals surface area (Å²) in [6.07, 6.45) is 0.0628. The molecule has 4 atom stereocenters. The molecule has 1 heterocycles. The third-order valence-electron chi connectivity index (χ3n) is 8.80. The number of hydrogen-bond acceptors (Lipinski definition) is 10. The Bertz CT molecular complexity index is 1560. The fourth-order valence-electron chi connectivity index (χ4n) is 6.83. The summed E-state index contributed by atoms with van der Waals surface area (Å²) in [4.78, 5) is 55.6. The number of morpholine rings is 1. The molecule has 3 amide bonds. The molecule has 43 heavy (non-hydrogen) atoms. The molecule has 0 aromatic heterocycles. The number of benzene rings is 1. The number of nitrogens with one attached hydrogen (secondary N) is 1. The molecule has 0 bridgehead atoms. The first-order valence-electron chi connectivity index (χ1n) is 13.9. The lowest BCUT2D eigenvalue weighted by molar-refractivity contribution is -0.148. The number of phenols is 1. The highest BCUT2D eigenvalue weighted by Gasteiger charge is 2.63. The van der Waals surface area contributed by atoms with E-state index in [9.17, 15) is 39.6 Å². The van der Waals surface area contributed by atoms with E-state index in [1.54, 1.807) is 32.0 Å². The van der Waals surface area contributed by atoms with E-state index in [2.05, 4.69) is 17.2 Å². The maximum absolute atomic E-state index is 14.1. The minimum Gasteiger partial charge on any atom is -0.510 e. The summed E-state index contributed by atoms with van der Waals surface area (Å²) in [6, 6.07) is 0.192. The third-order valence-corrected chi connectivity index (χ3v) is 8.80. The molecule has 3 aliphatic carbocycles. The molecular formula is C30H34N4O9. The number of nitrogens with zero attached hydrogens (tertiary/aromatic N) is 2. The normalized spacial score (nSPS) is 26.8. The summed E-state index contributed by atoms with van der Waals surface area (Å²) in [5.74, 6) is -1.84. The van der Waals surface area contributed by atoms with E-state index in [1.165, 1.54) is 4.90 Å². The van der Waals surface area contributed by atoms with Gasteiger partial charge in [0.05, 0.1) is 30.4 Å². The first-order chi connectivity index (χ1) is 20.3. The van der Waals surface area contributed by atoms with Crippen LogP contribution in [0.4, 0.5) is 4.79 Å². The number of Topliss-reactive ketones (excluding diaryl/α,β-unsaturated/α-hetero) is 2. The van der Waals surface area contributed by atoms with Crippen LogP contribution in [0.15, 0.2) is 28.7 Å². The predicted molar refractivity (Wildman–Crippen MR) is 151 cm³/mol. The molecular weight excluding hydrogens is 560 g/mol. The smallest absolute Gasteiger partial charge is 0.317 e. The molecule has 0 saturated carbocycles. The Balaban J connectivity index is 1.62. The zero-order chi connectivity index (χ0) is 31.4. The average molecular weight is 595 g/mol. The van der Waals surface area contributed by atoms with Crippen LogP contribution in [-0.4, -0.2) is 106 Å². The van der Waals surface area contributed by atoms with Crippen molar-refractivity contribution in [3.8, 4) is 17.6 Å². The Labute approximate surface area is 247 Å². The fourth-order valence-corrected chi connectivity index (χ4v) is 6.83. The number of carbonyl (C=O) groups excluding carboxylic acids is 4. The molecule has 13 nitrogen and oxygen atoms in total. The van der Waals surface area contributed by atoms with Gasteiger partial charge >= 0.3 is 6.03 Å². The van der Waals surface area contributed by atoms with Crippen molar-refractivity contribution in [2.24, 2.45) is 17.6 Å². The molecule has 1 aliphatic heterocycles. The van der Waals surface area contributed by atoms with Crippen molar-refractivity contribution >= 4 is 23.5 Å². The SMILES string of the molecule is CC#Cc1cc(CNC(=O)N2CCOCC2)c2c(c1O)C(=O)C1=C(O)C3(O)C(=O)C(C(N)=O)=C(O)C(N(C)C)C3CC1C2. The van der Waals surface area contributed by atoms with Gasteiger partial charge < -0.3 is 41.1 Å². The number of ketones is 2. The molecule has 1 aromatic carbocycles. The second-order valence-electron chi connectivity index (χ2n) is 11.4. The third kappa shape index (κ3) is 4.62. The van der Waals surface area contributed by atoms with Gasteiger partial charge in [-0.1, -0.05) is 5.92 Å². The number of rotatable bonds is 4. The molecule has 7 N–H and O–H groups in total. The van der Waals surface area contributed by atoms with Crippen molar-refractivity contribution in [2.45, 2.75) is 38.0 Å². The first kappa shape index (κ1) is 30.1. The molecule has 4 unspecified atom stereocenters. The number of primary amides is 1. The topological polar surface area (TPSA) is 203 Å². The number of hydrogen-bond donors (Lipinski definition) is 6. The van der Waals surface area contributed by atoms with Gasteiger partial charge in [0.2, 0.25) is 5.78 Å². The number of allylic oxidation sites excluding steroid dienone is 1. The standard InChI is InChI=1S/C30H34N4O9/c1-4-5-14-10-16(13-32-29(41)34-6-8-43-9-7-34)17-11-15-12-18-22(33(2)3)25(37)21(28(31)40)27(39)30(18,42)26(38)19(15)24(36)20(17)23(14)35/h10,15,18,22,35,37-38,42H,6-9,11-13H2,1-3H3,(H2,31,40)(H,32,41). The summed E-state index contributed by atoms with van der Waals surface area (Å²) in [5.41, 5.74) is 2.46. The molecule has 0 radical (unpaired) electrons. The molecule has 228 valence electrons. The molecule has 0 spiro atoms. The number of amides is 3. The quantitative estimate of drug-likeness (QED) is 0.204. The summed E-state index contributed by atoms with van der Waals surface area (Å²) >= 11 is 0. The zero-order valence-electron chi connectivity index (χ0n) is 24.1. The molecule has 1 saturated heterocycles. The van der Waals surface area contributed by atoms with Crippen LogP contribution in [0.3, 0.4) is 0 Å². The number of ether oxygens (including phenoxy) is 1. The van der Waals surface area contributed by atoms with E-state index >= 15 is 0 Å². The summed E-state index contributed by atoms with van der Waals surface area (Å²) in [5, 5.41) is 48.2. The number of urea groups is 1. The van der Waals surface area contributed by atoms with Gasteiger partial charge in [0.25, 0.3) is 5.91 Å². The molecule has 1 aromatic rings. The van der Waals surface area contributed by atoms with E-state index in [0.29, 0.717) is 37.4 Å². The predicted octanol–water partition coefficient (Wildman–Crippen LogP) is 0.0338. The first-order valence-corrected chi connectivity index (χ1v) is 13.9. The van der Waals surface area contributed by atoms with Gasteiger partial charge in [-0.05, 0) is 57.0 Å². The lowest BCUT2D eigenvalue weighted by Crippen LogP contribution is -2.63. The number of likely N-dealkylation sites (N-methyl/N-ethyl adjacent to an activating group) is 1. The number of aromatic hydroxyl groups is 1. The number of carbonyl (C=O) groups is 4. The van der Waals surface area contributed by atoms with E-state index in [1.807, 2.05) is 0 Å². The molecule has 13 heteroatoms. The Kier molecular flexibility index (Phi) is 7.72. The van der Waals surface area contributed by atoms with Crippen molar-refractivity contribution in [3.05, 3.63) is 51.0 Å². The van der Waals surface area contributed by atoms with Gasteiger partial charge in [-0.2, -0.15) is 0 Å². The van der Waals surface area contributed by atoms with Gasteiger partial charge in [0, 0.05) is 31.1 Å². The van der Waals surface area contributed by atoms with Crippen molar-refractivity contribution in [3.63, 3.8) is 0 Å². The van der Waals surface area contributed by atoms with Gasteiger partial charge in [-0.3, -0.25) is 19.3 Å². The number of aliphatic hydroxyl groups is 3. The monoisotopic (exact) mass is 594 g/mol. The number of nitrogens with two attached hydrogens (primary N) is 1. The van der Waals surface area contributed by atoms with Gasteiger partial charge in [-0.25, -0.2) is 4.79 Å². The van der Waals surface area contributed by atoms with Crippen LogP contribution >= 0.6 is 0 Å². The summed E-state index contributed by atoms with van der Waals surface area (Å²) in [6.45, 7) is 3.26. The highest BCUT2D eigenvalue weighted by molar-refractivity contribution is 6.24. The molecule has 4 aliphatic rings. The Hall–Kier alpha value is -4.38. The van der Waals surface area contributed by atoms with E-state index in [0.717, 1.165) is 0 Å². The van der Waals surface area contributed by atoms with Crippen LogP contribution in [0.2, 0.25) is 0 Å². The summed E-state index contributed by atoms with van der Waals surface area (Å²) < 4.78 is 5.30. The van der Waals surface area contributed by atoms with E-state index in [4.69, 9.17) is 10.5 Å². The van der Waals surface area contributed by atoms with Crippen molar-refractivity contribution < 1.29 is 44.3 Å². The number of phenolic OH excluding ortho intramolecular Hbond substituents is 1. The zero-order valence-corrected chi connectivity index (χ0v) is 24.1. The van der Waals surface area contributed by atoms with Gasteiger partial charge in [0.15, 0.2) is 11.4 Å². The van der Waals surface area contributed by atoms with Crippen LogP contribution in [0.1, 0.15) is 40.4 Å². The highest BCUT2D eigenvalue weighted by Crippen LogP contribution is 2.52. The minimum atomic E-state index is -2.73. The van der Waals surface area contributed by atoms with Crippen LogP contribution in [0.25, 0.3) is 0 Å². The largest absolute Gasteiger partial charge is 0.510 e. The van der Waals surface area contributed by atoms with Gasteiger partial charge in [-0.15, -0.1) is 5.92 Å². The minimum absolute atomic E-state index is 0.0138. The van der Waals surface area contributed by atoms with Crippen LogP contribution in [0, 0.1) is 23.7 Å². The Morgan fingerprint density at radius 2 is 1.88 bits per heavy atom. The number of fused-ring (bicyclic) bond motifs is 3. The maximum Gasteiger partial charge on any atom is 0.317 e. The van der Waals surface area contributed by atoms with E-state index in [-0.39, 0.29) is 42.1 Å². The Morgan fingerprint density at radius 3 is 2.49 bits per heavy atom. The second-order valence-corrected chi connectivity index (χ2v) is 11.4. The molecule has 5 rings (SSSR count). The Morgan fingerprint density at radius 1 is 1.21 bits per heavy atom. The van der Waals surface area contributed by atoms with Crippen LogP contribution < -0.4 is 11.1 Å². The lowest BCUT2D eigenvalue weighted by Gasteiger charge is -2.50.